The fraction of sp³-hybridized carbons (Fsp3) is 0.286. The van der Waals surface area contributed by atoms with Crippen LogP contribution in [0.15, 0.2) is 28.7 Å². The minimum atomic E-state index is -0.296. The largest absolute Gasteiger partial charge is 0.484 e. The lowest BCUT2D eigenvalue weighted by atomic mass is 9.96. The topological polar surface area (TPSA) is 35.2 Å². The molecule has 19 heavy (non-hydrogen) atoms. The number of thiophene rings is 1. The molecule has 0 amide bonds. The highest BCUT2D eigenvalue weighted by Crippen LogP contribution is 2.42. The predicted octanol–water partition coefficient (Wildman–Crippen LogP) is 4.48. The van der Waals surface area contributed by atoms with Crippen molar-refractivity contribution in [2.24, 2.45) is 5.73 Å². The van der Waals surface area contributed by atoms with Crippen LogP contribution >= 0.6 is 27.3 Å². The Morgan fingerprint density at radius 1 is 1.42 bits per heavy atom. The van der Waals surface area contributed by atoms with Gasteiger partial charge in [-0.2, -0.15) is 0 Å². The molecule has 3 rings (SSSR count). The molecule has 0 aliphatic carbocycles. The zero-order valence-electron chi connectivity index (χ0n) is 10.3. The van der Waals surface area contributed by atoms with Gasteiger partial charge in [-0.3, -0.25) is 0 Å². The van der Waals surface area contributed by atoms with Crippen LogP contribution in [0, 0.1) is 12.7 Å². The van der Waals surface area contributed by atoms with Gasteiger partial charge in [-0.25, -0.2) is 4.39 Å². The molecule has 100 valence electrons. The maximum absolute atomic E-state index is 13.3. The molecule has 2 unspecified atom stereocenters. The van der Waals surface area contributed by atoms with Gasteiger partial charge < -0.3 is 10.5 Å². The number of rotatable bonds is 1. The first-order chi connectivity index (χ1) is 9.04. The predicted molar refractivity (Wildman–Crippen MR) is 78.1 cm³/mol. The Bertz CT molecular complexity index is 608. The average molecular weight is 342 g/mol. The van der Waals surface area contributed by atoms with Crippen LogP contribution in [-0.2, 0) is 0 Å². The maximum Gasteiger partial charge on any atom is 0.135 e. The van der Waals surface area contributed by atoms with Gasteiger partial charge in [0, 0.05) is 38.3 Å². The van der Waals surface area contributed by atoms with E-state index in [-0.39, 0.29) is 18.0 Å². The number of halogens is 2. The van der Waals surface area contributed by atoms with Gasteiger partial charge in [-0.05, 0) is 35.0 Å². The third-order valence-corrected chi connectivity index (χ3v) is 5.53. The molecular weight excluding hydrogens is 329 g/mol. The standard InChI is InChI=1S/C14H13BrFNOS/c1-7-10(15)5-14(19-7)13-6-11(17)9-3-2-8(16)4-12(9)18-13/h2-5,11,13H,6,17H2,1H3. The second kappa shape index (κ2) is 4.89. The molecule has 0 fully saturated rings. The summed E-state index contributed by atoms with van der Waals surface area (Å²) in [4.78, 5) is 2.33. The molecule has 0 radical (unpaired) electrons. The number of aryl methyl sites for hydroxylation is 1. The Labute approximate surface area is 123 Å². The van der Waals surface area contributed by atoms with Crippen molar-refractivity contribution in [1.82, 2.24) is 0 Å². The van der Waals surface area contributed by atoms with Gasteiger partial charge in [-0.1, -0.05) is 6.07 Å². The average Bonchev–Trinajstić information content (AvgIpc) is 2.69. The molecule has 0 spiro atoms. The van der Waals surface area contributed by atoms with E-state index in [0.29, 0.717) is 12.2 Å². The molecule has 0 saturated carbocycles. The molecule has 0 saturated heterocycles. The van der Waals surface area contributed by atoms with Crippen LogP contribution in [0.25, 0.3) is 0 Å². The van der Waals surface area contributed by atoms with Gasteiger partial charge in [0.2, 0.25) is 0 Å². The van der Waals surface area contributed by atoms with E-state index in [9.17, 15) is 4.39 Å². The second-order valence-electron chi connectivity index (χ2n) is 4.68. The lowest BCUT2D eigenvalue weighted by molar-refractivity contribution is 0.164. The highest BCUT2D eigenvalue weighted by Gasteiger charge is 2.28. The van der Waals surface area contributed by atoms with Crippen LogP contribution in [-0.4, -0.2) is 0 Å². The van der Waals surface area contributed by atoms with Crippen LogP contribution in [0.1, 0.15) is 33.9 Å². The smallest absolute Gasteiger partial charge is 0.135 e. The highest BCUT2D eigenvalue weighted by molar-refractivity contribution is 9.10. The molecule has 2 heterocycles. The van der Waals surface area contributed by atoms with E-state index in [1.165, 1.54) is 17.0 Å². The van der Waals surface area contributed by atoms with Crippen molar-refractivity contribution in [2.45, 2.75) is 25.5 Å². The number of benzene rings is 1. The van der Waals surface area contributed by atoms with Gasteiger partial charge in [0.05, 0.1) is 0 Å². The normalized spacial score (nSPS) is 21.9. The van der Waals surface area contributed by atoms with Crippen molar-refractivity contribution in [3.05, 3.63) is 49.9 Å². The van der Waals surface area contributed by atoms with Gasteiger partial charge in [0.1, 0.15) is 17.7 Å². The monoisotopic (exact) mass is 341 g/mol. The number of nitrogens with two attached hydrogens (primary N) is 1. The fourth-order valence-corrected chi connectivity index (χ4v) is 3.89. The molecule has 2 aromatic rings. The first-order valence-electron chi connectivity index (χ1n) is 6.02. The lowest BCUT2D eigenvalue weighted by Gasteiger charge is -2.29. The van der Waals surface area contributed by atoms with Crippen LogP contribution in [0.5, 0.6) is 5.75 Å². The maximum atomic E-state index is 13.3. The summed E-state index contributed by atoms with van der Waals surface area (Å²) >= 11 is 5.19. The molecule has 1 aromatic carbocycles. The summed E-state index contributed by atoms with van der Waals surface area (Å²) in [7, 11) is 0. The Kier molecular flexibility index (Phi) is 3.37. The summed E-state index contributed by atoms with van der Waals surface area (Å²) < 4.78 is 20.3. The highest BCUT2D eigenvalue weighted by atomic mass is 79.9. The van der Waals surface area contributed by atoms with E-state index < -0.39 is 0 Å². The summed E-state index contributed by atoms with van der Waals surface area (Å²) in [6.45, 7) is 2.05. The molecule has 2 nitrogen and oxygen atoms in total. The molecule has 0 bridgehead atoms. The van der Waals surface area contributed by atoms with Crippen LogP contribution < -0.4 is 10.5 Å². The molecule has 2 N–H and O–H groups in total. The number of fused-ring (bicyclic) bond motifs is 1. The molecular formula is C14H13BrFNOS. The Hall–Kier alpha value is -0.910. The third-order valence-electron chi connectivity index (χ3n) is 3.31. The quantitative estimate of drug-likeness (QED) is 0.829. The minimum Gasteiger partial charge on any atom is -0.484 e. The minimum absolute atomic E-state index is 0.0979. The van der Waals surface area contributed by atoms with Crippen LogP contribution in [0.2, 0.25) is 0 Å². The molecule has 1 aromatic heterocycles. The van der Waals surface area contributed by atoms with Crippen molar-refractivity contribution >= 4 is 27.3 Å². The van der Waals surface area contributed by atoms with Gasteiger partial charge >= 0.3 is 0 Å². The fourth-order valence-electron chi connectivity index (χ4n) is 2.29. The van der Waals surface area contributed by atoms with Crippen molar-refractivity contribution < 1.29 is 9.13 Å². The first-order valence-corrected chi connectivity index (χ1v) is 7.63. The van der Waals surface area contributed by atoms with E-state index in [1.54, 1.807) is 17.4 Å². The van der Waals surface area contributed by atoms with Crippen molar-refractivity contribution in [3.8, 4) is 5.75 Å². The number of hydrogen-bond donors (Lipinski definition) is 1. The van der Waals surface area contributed by atoms with Gasteiger partial charge in [0.25, 0.3) is 0 Å². The summed E-state index contributed by atoms with van der Waals surface area (Å²) in [5.74, 6) is 0.265. The van der Waals surface area contributed by atoms with Crippen LogP contribution in [0.4, 0.5) is 4.39 Å². The summed E-state index contributed by atoms with van der Waals surface area (Å²) in [6, 6.07) is 6.49. The summed E-state index contributed by atoms with van der Waals surface area (Å²) in [5, 5.41) is 0. The Balaban J connectivity index is 1.96. The number of hydrogen-bond acceptors (Lipinski definition) is 3. The molecule has 1 aliphatic rings. The van der Waals surface area contributed by atoms with E-state index in [1.807, 2.05) is 0 Å². The molecule has 5 heteroatoms. The summed E-state index contributed by atoms with van der Waals surface area (Å²) in [5.41, 5.74) is 7.04. The zero-order chi connectivity index (χ0) is 13.6. The first kappa shape index (κ1) is 13.1. The second-order valence-corrected chi connectivity index (χ2v) is 6.83. The zero-order valence-corrected chi connectivity index (χ0v) is 12.7. The van der Waals surface area contributed by atoms with Crippen LogP contribution in [0.3, 0.4) is 0 Å². The Morgan fingerprint density at radius 2 is 2.21 bits per heavy atom. The van der Waals surface area contributed by atoms with E-state index in [2.05, 4.69) is 28.9 Å². The molecule has 1 aliphatic heterocycles. The molecule has 2 atom stereocenters. The lowest BCUT2D eigenvalue weighted by Crippen LogP contribution is -2.23. The van der Waals surface area contributed by atoms with Crippen molar-refractivity contribution in [2.75, 3.05) is 0 Å². The summed E-state index contributed by atoms with van der Waals surface area (Å²) in [6.07, 6.45) is 0.615. The van der Waals surface area contributed by atoms with Crippen molar-refractivity contribution in [3.63, 3.8) is 0 Å². The van der Waals surface area contributed by atoms with Gasteiger partial charge in [-0.15, -0.1) is 11.3 Å². The Morgan fingerprint density at radius 3 is 2.89 bits per heavy atom. The van der Waals surface area contributed by atoms with Crippen molar-refractivity contribution in [1.29, 1.82) is 0 Å². The van der Waals surface area contributed by atoms with Gasteiger partial charge in [0.15, 0.2) is 0 Å². The van der Waals surface area contributed by atoms with E-state index >= 15 is 0 Å². The van der Waals surface area contributed by atoms with E-state index in [4.69, 9.17) is 10.5 Å². The number of ether oxygens (including phenoxy) is 1. The SMILES string of the molecule is Cc1sc(C2CC(N)c3ccc(F)cc3O2)cc1Br. The van der Waals surface area contributed by atoms with E-state index in [0.717, 1.165) is 14.9 Å². The third kappa shape index (κ3) is 2.42.